The Balaban J connectivity index is 1.73. The Morgan fingerprint density at radius 3 is 3.17 bits per heavy atom. The van der Waals surface area contributed by atoms with Crippen molar-refractivity contribution in [3.8, 4) is 0 Å². The van der Waals surface area contributed by atoms with E-state index in [9.17, 15) is 9.18 Å². The summed E-state index contributed by atoms with van der Waals surface area (Å²) >= 11 is 5.21. The highest BCUT2D eigenvalue weighted by molar-refractivity contribution is 7.71. The third kappa shape index (κ3) is 3.56. The summed E-state index contributed by atoms with van der Waals surface area (Å²) in [5, 5.41) is 9.98. The van der Waals surface area contributed by atoms with Gasteiger partial charge in [0.2, 0.25) is 5.91 Å². The topological polar surface area (TPSA) is 62.7 Å². The molecule has 128 valence electrons. The number of nitrogens with zero attached hydrogens (tertiary/aromatic N) is 2. The monoisotopic (exact) mass is 348 g/mol. The molecule has 7 heteroatoms. The Hall–Kier alpha value is -2.02. The Morgan fingerprint density at radius 1 is 1.54 bits per heavy atom. The van der Waals surface area contributed by atoms with Gasteiger partial charge < -0.3 is 5.32 Å². The maximum Gasteiger partial charge on any atom is 0.240 e. The third-order valence-corrected chi connectivity index (χ3v) is 4.68. The second-order valence-corrected chi connectivity index (χ2v) is 6.52. The van der Waals surface area contributed by atoms with E-state index in [1.165, 1.54) is 6.07 Å². The summed E-state index contributed by atoms with van der Waals surface area (Å²) in [6, 6.07) is 4.73. The average Bonchev–Trinajstić information content (AvgIpc) is 2.88. The number of halogens is 1. The quantitative estimate of drug-likeness (QED) is 0.816. The van der Waals surface area contributed by atoms with Gasteiger partial charge in [-0.3, -0.25) is 14.5 Å². The fraction of sp³-hybridized carbons (Fsp3) is 0.471. The lowest BCUT2D eigenvalue weighted by atomic mass is 9.87. The van der Waals surface area contributed by atoms with Crippen LogP contribution in [-0.2, 0) is 24.2 Å². The molecule has 1 aromatic carbocycles. The smallest absolute Gasteiger partial charge is 0.240 e. The van der Waals surface area contributed by atoms with Crippen molar-refractivity contribution in [2.75, 3.05) is 0 Å². The lowest BCUT2D eigenvalue weighted by Gasteiger charge is -2.26. The zero-order valence-corrected chi connectivity index (χ0v) is 14.5. The van der Waals surface area contributed by atoms with E-state index in [1.807, 2.05) is 0 Å². The van der Waals surface area contributed by atoms with Crippen LogP contribution in [0.3, 0.4) is 0 Å². The predicted molar refractivity (Wildman–Crippen MR) is 91.6 cm³/mol. The maximum atomic E-state index is 13.4. The van der Waals surface area contributed by atoms with Crippen LogP contribution < -0.4 is 5.32 Å². The summed E-state index contributed by atoms with van der Waals surface area (Å²) in [6.07, 6.45) is 4.36. The number of fused-ring (bicyclic) bond motifs is 1. The Labute approximate surface area is 145 Å². The Bertz CT molecular complexity index is 798. The van der Waals surface area contributed by atoms with Gasteiger partial charge in [-0.1, -0.05) is 13.0 Å². The van der Waals surface area contributed by atoms with Crippen molar-refractivity contribution >= 4 is 18.1 Å². The molecule has 1 amide bonds. The number of H-pyrrole nitrogens is 1. The first-order valence-electron chi connectivity index (χ1n) is 8.30. The molecule has 3 rings (SSSR count). The third-order valence-electron chi connectivity index (χ3n) is 4.37. The van der Waals surface area contributed by atoms with Gasteiger partial charge in [-0.15, -0.1) is 0 Å². The van der Waals surface area contributed by atoms with Crippen LogP contribution >= 0.6 is 12.2 Å². The van der Waals surface area contributed by atoms with E-state index in [1.54, 1.807) is 16.7 Å². The van der Waals surface area contributed by atoms with E-state index in [-0.39, 0.29) is 24.3 Å². The minimum atomic E-state index is -0.227. The first kappa shape index (κ1) is 16.8. The number of carbonyl (C=O) groups is 1. The summed E-state index contributed by atoms with van der Waals surface area (Å²) in [7, 11) is 0. The lowest BCUT2D eigenvalue weighted by Crippen LogP contribution is -2.34. The fourth-order valence-electron chi connectivity index (χ4n) is 3.24. The highest BCUT2D eigenvalue weighted by Crippen LogP contribution is 2.30. The minimum Gasteiger partial charge on any atom is -0.348 e. The molecule has 1 heterocycles. The molecule has 1 unspecified atom stereocenters. The van der Waals surface area contributed by atoms with Crippen LogP contribution in [0.5, 0.6) is 0 Å². The van der Waals surface area contributed by atoms with E-state index in [0.717, 1.165) is 49.1 Å². The number of aromatic nitrogens is 3. The van der Waals surface area contributed by atoms with E-state index >= 15 is 0 Å². The van der Waals surface area contributed by atoms with Crippen molar-refractivity contribution in [2.24, 2.45) is 0 Å². The number of amides is 1. The van der Waals surface area contributed by atoms with Gasteiger partial charge in [0.05, 0.1) is 6.04 Å². The molecule has 0 fully saturated rings. The molecule has 1 aliphatic rings. The van der Waals surface area contributed by atoms with Gasteiger partial charge in [-0.2, -0.15) is 5.10 Å². The highest BCUT2D eigenvalue weighted by atomic mass is 32.1. The number of aryl methyl sites for hydroxylation is 2. The number of carbonyl (C=O) groups excluding carboxylic acids is 1. The van der Waals surface area contributed by atoms with Gasteiger partial charge in [0.1, 0.15) is 18.2 Å². The number of benzene rings is 1. The van der Waals surface area contributed by atoms with Crippen molar-refractivity contribution in [3.05, 3.63) is 45.7 Å². The van der Waals surface area contributed by atoms with Gasteiger partial charge in [-0.25, -0.2) is 4.39 Å². The average molecular weight is 348 g/mol. The molecule has 1 atom stereocenters. The number of aromatic amines is 1. The molecule has 0 spiro atoms. The fourth-order valence-corrected chi connectivity index (χ4v) is 3.46. The minimum absolute atomic E-state index is 0.0717. The molecule has 0 bridgehead atoms. The molecule has 1 aromatic heterocycles. The van der Waals surface area contributed by atoms with E-state index in [4.69, 9.17) is 12.2 Å². The van der Waals surface area contributed by atoms with Crippen LogP contribution in [-0.4, -0.2) is 20.7 Å². The van der Waals surface area contributed by atoms with Crippen LogP contribution in [0.15, 0.2) is 18.2 Å². The molecule has 2 N–H and O–H groups in total. The van der Waals surface area contributed by atoms with Crippen molar-refractivity contribution in [1.29, 1.82) is 0 Å². The molecule has 2 aromatic rings. The van der Waals surface area contributed by atoms with Gasteiger partial charge in [-0.05, 0) is 61.2 Å². The Morgan fingerprint density at radius 2 is 2.38 bits per heavy atom. The van der Waals surface area contributed by atoms with Crippen LogP contribution in [0.1, 0.15) is 49.2 Å². The summed E-state index contributed by atoms with van der Waals surface area (Å²) in [4.78, 5) is 12.5. The molecule has 0 radical (unpaired) electrons. The van der Waals surface area contributed by atoms with Crippen molar-refractivity contribution in [2.45, 2.75) is 51.6 Å². The molecule has 5 nitrogen and oxygen atoms in total. The van der Waals surface area contributed by atoms with E-state index in [0.29, 0.717) is 4.77 Å². The number of rotatable bonds is 5. The number of hydrogen-bond donors (Lipinski definition) is 2. The SMILES string of the molecule is CCCc1n[nH]c(=S)n1CC(=O)NC1CCCc2cc(F)ccc21. The molecule has 1 aliphatic carbocycles. The Kier molecular flexibility index (Phi) is 5.08. The van der Waals surface area contributed by atoms with Gasteiger partial charge in [0.15, 0.2) is 4.77 Å². The summed E-state index contributed by atoms with van der Waals surface area (Å²) in [5.41, 5.74) is 2.00. The second-order valence-electron chi connectivity index (χ2n) is 6.14. The van der Waals surface area contributed by atoms with Crippen molar-refractivity contribution in [1.82, 2.24) is 20.1 Å². The van der Waals surface area contributed by atoms with Gasteiger partial charge >= 0.3 is 0 Å². The number of nitrogens with one attached hydrogen (secondary N) is 2. The highest BCUT2D eigenvalue weighted by Gasteiger charge is 2.22. The van der Waals surface area contributed by atoms with Crippen LogP contribution in [0.2, 0.25) is 0 Å². The second kappa shape index (κ2) is 7.25. The molecular formula is C17H21FN4OS. The van der Waals surface area contributed by atoms with Crippen molar-refractivity contribution < 1.29 is 9.18 Å². The van der Waals surface area contributed by atoms with Crippen LogP contribution in [0, 0.1) is 10.6 Å². The molecular weight excluding hydrogens is 327 g/mol. The zero-order chi connectivity index (χ0) is 17.1. The largest absolute Gasteiger partial charge is 0.348 e. The first-order valence-corrected chi connectivity index (χ1v) is 8.71. The lowest BCUT2D eigenvalue weighted by molar-refractivity contribution is -0.122. The number of hydrogen-bond acceptors (Lipinski definition) is 3. The van der Waals surface area contributed by atoms with Gasteiger partial charge in [0.25, 0.3) is 0 Å². The van der Waals surface area contributed by atoms with Crippen molar-refractivity contribution in [3.63, 3.8) is 0 Å². The summed E-state index contributed by atoms with van der Waals surface area (Å²) in [5.74, 6) is 0.463. The predicted octanol–water partition coefficient (Wildman–Crippen LogP) is 3.23. The van der Waals surface area contributed by atoms with E-state index in [2.05, 4.69) is 22.4 Å². The standard InChI is InChI=1S/C17H21FN4OS/c1-2-4-15-20-21-17(24)22(15)10-16(23)19-14-6-3-5-11-9-12(18)7-8-13(11)14/h7-9,14H,2-6,10H2,1H3,(H,19,23)(H,21,24). The van der Waals surface area contributed by atoms with Gasteiger partial charge in [0, 0.05) is 6.42 Å². The molecule has 24 heavy (non-hydrogen) atoms. The van der Waals surface area contributed by atoms with Crippen LogP contribution in [0.4, 0.5) is 4.39 Å². The summed E-state index contributed by atoms with van der Waals surface area (Å²) in [6.45, 7) is 2.21. The van der Waals surface area contributed by atoms with Crippen LogP contribution in [0.25, 0.3) is 0 Å². The molecule has 0 saturated heterocycles. The normalized spacial score (nSPS) is 16.7. The molecule has 0 aliphatic heterocycles. The molecule has 0 saturated carbocycles. The first-order chi connectivity index (χ1) is 11.6. The maximum absolute atomic E-state index is 13.4. The zero-order valence-electron chi connectivity index (χ0n) is 13.6. The van der Waals surface area contributed by atoms with E-state index < -0.39 is 0 Å². The summed E-state index contributed by atoms with van der Waals surface area (Å²) < 4.78 is 15.6.